The zero-order valence-electron chi connectivity index (χ0n) is 11.4. The van der Waals surface area contributed by atoms with Gasteiger partial charge in [-0.3, -0.25) is 4.79 Å². The maximum absolute atomic E-state index is 11.9. The average molecular weight is 299 g/mol. The van der Waals surface area contributed by atoms with Crippen LogP contribution in [0, 0.1) is 0 Å². The Labute approximate surface area is 123 Å². The summed E-state index contributed by atoms with van der Waals surface area (Å²) in [5.74, 6) is 0.674. The summed E-state index contributed by atoms with van der Waals surface area (Å²) in [7, 11) is 0. The second-order valence-electron chi connectivity index (χ2n) is 4.60. The van der Waals surface area contributed by atoms with Gasteiger partial charge in [0.15, 0.2) is 0 Å². The third-order valence-corrected chi connectivity index (χ3v) is 3.33. The van der Waals surface area contributed by atoms with Gasteiger partial charge in [-0.25, -0.2) is 0 Å². The molecule has 1 fully saturated rings. The quantitative estimate of drug-likeness (QED) is 0.802. The van der Waals surface area contributed by atoms with Crippen LogP contribution in [0.15, 0.2) is 24.3 Å². The Bertz CT molecular complexity index is 439. The molecule has 1 aromatic carbocycles. The normalized spacial score (nSPS) is 22.3. The number of carbonyl (C=O) groups is 1. The predicted molar refractivity (Wildman–Crippen MR) is 77.2 cm³/mol. The molecule has 2 atom stereocenters. The number of hydrogen-bond donors (Lipinski definition) is 2. The molecule has 5 nitrogen and oxygen atoms in total. The largest absolute Gasteiger partial charge is 0.492 e. The highest BCUT2D eigenvalue weighted by molar-refractivity contribution is 6.30. The van der Waals surface area contributed by atoms with Gasteiger partial charge in [-0.05, 0) is 31.2 Å². The molecule has 6 heteroatoms. The van der Waals surface area contributed by atoms with E-state index in [0.29, 0.717) is 31.3 Å². The van der Waals surface area contributed by atoms with Gasteiger partial charge in [-0.15, -0.1) is 0 Å². The zero-order valence-corrected chi connectivity index (χ0v) is 12.2. The van der Waals surface area contributed by atoms with Crippen LogP contribution in [-0.4, -0.2) is 44.4 Å². The molecular weight excluding hydrogens is 280 g/mol. The van der Waals surface area contributed by atoms with Crippen LogP contribution in [0.2, 0.25) is 5.02 Å². The Morgan fingerprint density at radius 2 is 2.25 bits per heavy atom. The number of amides is 1. The molecule has 0 saturated carbocycles. The highest BCUT2D eigenvalue weighted by Gasteiger charge is 2.27. The Morgan fingerprint density at radius 3 is 2.95 bits per heavy atom. The zero-order chi connectivity index (χ0) is 14.4. The van der Waals surface area contributed by atoms with Crippen LogP contribution in [0.5, 0.6) is 5.75 Å². The number of rotatable bonds is 5. The average Bonchev–Trinajstić information content (AvgIpc) is 2.46. The molecule has 0 radical (unpaired) electrons. The molecule has 1 aliphatic heterocycles. The topological polar surface area (TPSA) is 59.6 Å². The van der Waals surface area contributed by atoms with E-state index >= 15 is 0 Å². The summed E-state index contributed by atoms with van der Waals surface area (Å²) < 4.78 is 10.9. The molecule has 1 heterocycles. The van der Waals surface area contributed by atoms with Crippen LogP contribution >= 0.6 is 11.6 Å². The van der Waals surface area contributed by atoms with E-state index in [0.717, 1.165) is 5.75 Å². The summed E-state index contributed by atoms with van der Waals surface area (Å²) in [4.78, 5) is 11.9. The van der Waals surface area contributed by atoms with Crippen molar-refractivity contribution < 1.29 is 14.3 Å². The summed E-state index contributed by atoms with van der Waals surface area (Å²) in [6, 6.07) is 6.83. The Balaban J connectivity index is 1.67. The first-order valence-electron chi connectivity index (χ1n) is 6.68. The number of halogens is 1. The van der Waals surface area contributed by atoms with Gasteiger partial charge in [-0.1, -0.05) is 11.6 Å². The number of carbonyl (C=O) groups excluding carboxylic acids is 1. The molecule has 1 saturated heterocycles. The predicted octanol–water partition coefficient (Wildman–Crippen LogP) is 1.21. The van der Waals surface area contributed by atoms with Gasteiger partial charge < -0.3 is 20.1 Å². The van der Waals surface area contributed by atoms with E-state index in [2.05, 4.69) is 10.6 Å². The van der Waals surface area contributed by atoms with E-state index in [4.69, 9.17) is 21.1 Å². The molecule has 2 rings (SSSR count). The number of nitrogens with one attached hydrogen (secondary N) is 2. The van der Waals surface area contributed by atoms with E-state index in [1.807, 2.05) is 6.92 Å². The first kappa shape index (κ1) is 15.1. The van der Waals surface area contributed by atoms with E-state index < -0.39 is 0 Å². The van der Waals surface area contributed by atoms with Crippen molar-refractivity contribution in [2.45, 2.75) is 19.1 Å². The number of ether oxygens (including phenoxy) is 2. The molecule has 1 aromatic rings. The molecule has 0 bridgehead atoms. The van der Waals surface area contributed by atoms with Crippen molar-refractivity contribution in [2.75, 3.05) is 26.3 Å². The first-order chi connectivity index (χ1) is 9.66. The van der Waals surface area contributed by atoms with Crippen molar-refractivity contribution >= 4 is 17.5 Å². The molecule has 110 valence electrons. The molecule has 0 spiro atoms. The smallest absolute Gasteiger partial charge is 0.239 e. The van der Waals surface area contributed by atoms with E-state index in [1.54, 1.807) is 24.3 Å². The summed E-state index contributed by atoms with van der Waals surface area (Å²) >= 11 is 5.78. The fraction of sp³-hybridized carbons (Fsp3) is 0.500. The number of morpholine rings is 1. The number of benzene rings is 1. The summed E-state index contributed by atoms with van der Waals surface area (Å²) in [6.07, 6.45) is -0.110. The minimum atomic E-state index is -0.292. The molecule has 0 aliphatic carbocycles. The first-order valence-corrected chi connectivity index (χ1v) is 7.05. The standard InChI is InChI=1S/C14H19ClN2O3/c1-10-13(16-6-8-19-10)14(18)17-7-9-20-12-4-2-11(15)3-5-12/h2-5,10,13,16H,6-9H2,1H3,(H,17,18)/t10-,13+/m1/s1. The summed E-state index contributed by atoms with van der Waals surface area (Å²) in [5, 5.41) is 6.64. The van der Waals surface area contributed by atoms with Crippen molar-refractivity contribution in [2.24, 2.45) is 0 Å². The lowest BCUT2D eigenvalue weighted by Crippen LogP contribution is -2.55. The Morgan fingerprint density at radius 1 is 1.50 bits per heavy atom. The van der Waals surface area contributed by atoms with E-state index in [-0.39, 0.29) is 18.1 Å². The van der Waals surface area contributed by atoms with Crippen molar-refractivity contribution in [1.82, 2.24) is 10.6 Å². The van der Waals surface area contributed by atoms with Gasteiger partial charge >= 0.3 is 0 Å². The maximum atomic E-state index is 11.9. The van der Waals surface area contributed by atoms with Gasteiger partial charge in [0.2, 0.25) is 5.91 Å². The molecule has 2 N–H and O–H groups in total. The third kappa shape index (κ3) is 4.37. The van der Waals surface area contributed by atoms with Gasteiger partial charge in [-0.2, -0.15) is 0 Å². The molecular formula is C14H19ClN2O3. The third-order valence-electron chi connectivity index (χ3n) is 3.08. The Kier molecular flexibility index (Phi) is 5.64. The monoisotopic (exact) mass is 298 g/mol. The summed E-state index contributed by atoms with van der Waals surface area (Å²) in [6.45, 7) is 4.09. The maximum Gasteiger partial charge on any atom is 0.239 e. The fourth-order valence-corrected chi connectivity index (χ4v) is 2.14. The van der Waals surface area contributed by atoms with E-state index in [1.165, 1.54) is 0 Å². The molecule has 0 aromatic heterocycles. The van der Waals surface area contributed by atoms with Crippen molar-refractivity contribution in [3.8, 4) is 5.75 Å². The van der Waals surface area contributed by atoms with Gasteiger partial charge in [0.25, 0.3) is 0 Å². The lowest BCUT2D eigenvalue weighted by Gasteiger charge is -2.29. The van der Waals surface area contributed by atoms with Crippen LogP contribution in [0.25, 0.3) is 0 Å². The molecule has 1 amide bonds. The van der Waals surface area contributed by atoms with Crippen LogP contribution in [-0.2, 0) is 9.53 Å². The van der Waals surface area contributed by atoms with Crippen LogP contribution in [0.3, 0.4) is 0 Å². The molecule has 20 heavy (non-hydrogen) atoms. The Hall–Kier alpha value is -1.30. The van der Waals surface area contributed by atoms with Crippen LogP contribution < -0.4 is 15.4 Å². The lowest BCUT2D eigenvalue weighted by molar-refractivity contribution is -0.129. The molecule has 1 aliphatic rings. The highest BCUT2D eigenvalue weighted by Crippen LogP contribution is 2.15. The van der Waals surface area contributed by atoms with Crippen LogP contribution in [0.1, 0.15) is 6.92 Å². The summed E-state index contributed by atoms with van der Waals surface area (Å²) in [5.41, 5.74) is 0. The SMILES string of the molecule is C[C@H]1OCCN[C@@H]1C(=O)NCCOc1ccc(Cl)cc1. The lowest BCUT2D eigenvalue weighted by atomic mass is 10.1. The minimum Gasteiger partial charge on any atom is -0.492 e. The fourth-order valence-electron chi connectivity index (χ4n) is 2.01. The van der Waals surface area contributed by atoms with Gasteiger partial charge in [0.1, 0.15) is 18.4 Å². The van der Waals surface area contributed by atoms with Crippen molar-refractivity contribution in [3.05, 3.63) is 29.3 Å². The minimum absolute atomic E-state index is 0.0584. The highest BCUT2D eigenvalue weighted by atomic mass is 35.5. The van der Waals surface area contributed by atoms with E-state index in [9.17, 15) is 4.79 Å². The van der Waals surface area contributed by atoms with Gasteiger partial charge in [0, 0.05) is 11.6 Å². The van der Waals surface area contributed by atoms with Crippen LogP contribution in [0.4, 0.5) is 0 Å². The van der Waals surface area contributed by atoms with Crippen molar-refractivity contribution in [1.29, 1.82) is 0 Å². The van der Waals surface area contributed by atoms with Crippen molar-refractivity contribution in [3.63, 3.8) is 0 Å². The second kappa shape index (κ2) is 7.47. The number of hydrogen-bond acceptors (Lipinski definition) is 4. The second-order valence-corrected chi connectivity index (χ2v) is 5.04. The van der Waals surface area contributed by atoms with Gasteiger partial charge in [0.05, 0.1) is 19.3 Å². The molecule has 0 unspecified atom stereocenters.